The van der Waals surface area contributed by atoms with Gasteiger partial charge in [0.05, 0.1) is 14.2 Å². The maximum Gasteiger partial charge on any atom is 0.119 e. The van der Waals surface area contributed by atoms with Crippen molar-refractivity contribution >= 4 is 23.6 Å². The highest BCUT2D eigenvalue weighted by molar-refractivity contribution is 6.05. The molecule has 304 valence electrons. The van der Waals surface area contributed by atoms with Crippen molar-refractivity contribution in [2.75, 3.05) is 21.3 Å². The zero-order valence-electron chi connectivity index (χ0n) is 34.3. The largest absolute Gasteiger partial charge is 0.497 e. The number of oxime groups is 2. The number of fused-ring (bicyclic) bond motifs is 2. The van der Waals surface area contributed by atoms with Gasteiger partial charge in [-0.05, 0) is 72.2 Å². The van der Waals surface area contributed by atoms with Crippen LogP contribution in [0.1, 0.15) is 88.3 Å². The lowest BCUT2D eigenvalue weighted by Gasteiger charge is -2.35. The minimum absolute atomic E-state index is 0.301. The van der Waals surface area contributed by atoms with E-state index >= 15 is 0 Å². The van der Waals surface area contributed by atoms with E-state index in [1.54, 1.807) is 21.3 Å². The minimum atomic E-state index is -0.334. The molecule has 0 saturated heterocycles. The molecule has 0 aliphatic heterocycles. The van der Waals surface area contributed by atoms with Crippen LogP contribution in [0.5, 0.6) is 11.5 Å². The number of nitrogens with one attached hydrogen (secondary N) is 2. The third-order valence-electron chi connectivity index (χ3n) is 12.7. The molecule has 2 heterocycles. The summed E-state index contributed by atoms with van der Waals surface area (Å²) in [5, 5.41) is 33.3. The number of H-pyrrole nitrogens is 2. The Labute approximate surface area is 350 Å². The number of hydrogen-bond acceptors (Lipinski definition) is 8. The number of hydrogen-bond donors (Lipinski definition) is 3. The Hall–Kier alpha value is -6.68. The van der Waals surface area contributed by atoms with Crippen LogP contribution in [0.3, 0.4) is 0 Å². The highest BCUT2D eigenvalue weighted by Crippen LogP contribution is 2.45. The van der Waals surface area contributed by atoms with E-state index in [0.717, 1.165) is 89.6 Å². The van der Waals surface area contributed by atoms with Gasteiger partial charge in [0, 0.05) is 58.0 Å². The fraction of sp³-hybridized carbons (Fsp3) is 0.280. The second-order valence-corrected chi connectivity index (χ2v) is 16.1. The lowest BCUT2D eigenvalue weighted by Crippen LogP contribution is -2.31. The van der Waals surface area contributed by atoms with E-state index in [-0.39, 0.29) is 10.8 Å². The van der Waals surface area contributed by atoms with Crippen molar-refractivity contribution in [3.63, 3.8) is 0 Å². The van der Waals surface area contributed by atoms with Gasteiger partial charge in [0.15, 0.2) is 0 Å². The van der Waals surface area contributed by atoms with Crippen molar-refractivity contribution in [3.8, 4) is 11.5 Å². The summed E-state index contributed by atoms with van der Waals surface area (Å²) in [5.41, 5.74) is 11.9. The first-order chi connectivity index (χ1) is 29.5. The molecule has 10 heteroatoms. The summed E-state index contributed by atoms with van der Waals surface area (Å²) >= 11 is 0. The Morgan fingerprint density at radius 1 is 0.600 bits per heavy atom. The van der Waals surface area contributed by atoms with Gasteiger partial charge < -0.3 is 19.5 Å². The Balaban J connectivity index is 0.000000154. The second-order valence-electron chi connectivity index (χ2n) is 16.1. The predicted molar refractivity (Wildman–Crippen MR) is 235 cm³/mol. The molecule has 0 amide bonds. The van der Waals surface area contributed by atoms with Crippen LogP contribution in [0.25, 0.3) is 12.2 Å². The smallest absolute Gasteiger partial charge is 0.119 e. The third-order valence-corrected chi connectivity index (χ3v) is 12.7. The fourth-order valence-electron chi connectivity index (χ4n) is 9.09. The molecule has 10 nitrogen and oxygen atoms in total. The monoisotopic (exact) mass is 798 g/mol. The van der Waals surface area contributed by atoms with Crippen LogP contribution in [-0.2, 0) is 28.5 Å². The summed E-state index contributed by atoms with van der Waals surface area (Å²) in [5.74, 6) is 2.45. The van der Waals surface area contributed by atoms with Crippen molar-refractivity contribution in [2.24, 2.45) is 22.1 Å². The molecule has 2 aromatic heterocycles. The summed E-state index contributed by atoms with van der Waals surface area (Å²) in [6, 6.07) is 37.7. The van der Waals surface area contributed by atoms with Crippen LogP contribution in [0.4, 0.5) is 0 Å². The van der Waals surface area contributed by atoms with E-state index in [1.807, 2.05) is 24.3 Å². The van der Waals surface area contributed by atoms with E-state index in [1.165, 1.54) is 28.7 Å². The predicted octanol–water partition coefficient (Wildman–Crippen LogP) is 9.69. The molecule has 2 atom stereocenters. The van der Waals surface area contributed by atoms with Crippen molar-refractivity contribution in [1.82, 2.24) is 20.4 Å². The highest BCUT2D eigenvalue weighted by atomic mass is 16.6. The van der Waals surface area contributed by atoms with Crippen LogP contribution < -0.4 is 9.47 Å². The van der Waals surface area contributed by atoms with Crippen LogP contribution >= 0.6 is 0 Å². The topological polar surface area (TPSA) is 130 Å². The number of rotatable bonds is 11. The first-order valence-corrected chi connectivity index (χ1v) is 20.8. The number of benzene rings is 4. The maximum atomic E-state index is 9.65. The molecule has 4 aliphatic rings. The van der Waals surface area contributed by atoms with E-state index in [4.69, 9.17) is 14.3 Å². The molecule has 2 unspecified atom stereocenters. The first-order valence-electron chi connectivity index (χ1n) is 20.8. The van der Waals surface area contributed by atoms with Gasteiger partial charge in [-0.1, -0.05) is 126 Å². The van der Waals surface area contributed by atoms with E-state index < -0.39 is 0 Å². The normalized spacial score (nSPS) is 20.9. The Bertz CT molecular complexity index is 2580. The average Bonchev–Trinajstić information content (AvgIpc) is 3.93. The number of ether oxygens (including phenoxy) is 2. The summed E-state index contributed by atoms with van der Waals surface area (Å²) in [6.07, 6.45) is 16.0. The van der Waals surface area contributed by atoms with Gasteiger partial charge in [-0.2, -0.15) is 10.2 Å². The highest BCUT2D eigenvalue weighted by Gasteiger charge is 2.40. The molecule has 2 saturated carbocycles. The van der Waals surface area contributed by atoms with Gasteiger partial charge in [-0.15, -0.1) is 0 Å². The van der Waals surface area contributed by atoms with Crippen molar-refractivity contribution < 1.29 is 19.5 Å². The fourth-order valence-corrected chi connectivity index (χ4v) is 9.09. The lowest BCUT2D eigenvalue weighted by molar-refractivity contribution is 0.212. The Morgan fingerprint density at radius 3 is 1.48 bits per heavy atom. The average molecular weight is 799 g/mol. The molecule has 4 aliphatic carbocycles. The number of aromatic amines is 2. The summed E-state index contributed by atoms with van der Waals surface area (Å²) in [4.78, 5) is 5.12. The van der Waals surface area contributed by atoms with Crippen LogP contribution in [0.15, 0.2) is 132 Å². The molecule has 0 radical (unpaired) electrons. The van der Waals surface area contributed by atoms with Crippen LogP contribution in [-0.4, -0.2) is 58.4 Å². The number of allylic oxidation sites excluding steroid dienone is 2. The third kappa shape index (κ3) is 7.10. The zero-order valence-corrected chi connectivity index (χ0v) is 34.3. The molecule has 10 rings (SSSR count). The molecule has 2 fully saturated rings. The summed E-state index contributed by atoms with van der Waals surface area (Å²) in [6.45, 7) is 0. The maximum absolute atomic E-state index is 9.65. The minimum Gasteiger partial charge on any atom is -0.497 e. The summed E-state index contributed by atoms with van der Waals surface area (Å²) in [7, 11) is 5.00. The van der Waals surface area contributed by atoms with Gasteiger partial charge in [0.2, 0.25) is 0 Å². The van der Waals surface area contributed by atoms with Crippen LogP contribution in [0.2, 0.25) is 0 Å². The standard InChI is InChI=1S/2C25H25N3O2/c1-29-20-10-6-9-19(15-20)25(18-7-4-3-5-8-18)14-13-21-22(16-25)26-27-24(21)23(28-30-2)17-11-12-17;1-30-20-12-6-11-19(15-20)25(18-9-3-2-4-10-18)14-13-21-22(16-25)26-27-24(21)23(28-29)17-7-5-8-17/h3-10,13-15,17H,11-12,16H2,1-2H3,(H,26,27);2-4,6,9-15,17,29H,5,7-8,16H2,1H3,(H,26,27)/b2*28-23+. The molecule has 0 bridgehead atoms. The van der Waals surface area contributed by atoms with Gasteiger partial charge in [-0.3, -0.25) is 10.2 Å². The molecule has 3 N–H and O–H groups in total. The second kappa shape index (κ2) is 16.5. The van der Waals surface area contributed by atoms with Crippen molar-refractivity contribution in [1.29, 1.82) is 0 Å². The number of aromatic nitrogens is 4. The van der Waals surface area contributed by atoms with Gasteiger partial charge in [-0.25, -0.2) is 0 Å². The zero-order chi connectivity index (χ0) is 41.1. The van der Waals surface area contributed by atoms with E-state index in [9.17, 15) is 5.21 Å². The Kier molecular flexibility index (Phi) is 10.7. The van der Waals surface area contributed by atoms with Gasteiger partial charge in [0.25, 0.3) is 0 Å². The number of nitrogens with zero attached hydrogens (tertiary/aromatic N) is 4. The lowest BCUT2D eigenvalue weighted by atomic mass is 9.68. The van der Waals surface area contributed by atoms with Crippen LogP contribution in [0, 0.1) is 11.8 Å². The Morgan fingerprint density at radius 2 is 1.07 bits per heavy atom. The molecule has 0 spiro atoms. The van der Waals surface area contributed by atoms with E-state index in [0.29, 0.717) is 17.5 Å². The molecular formula is C50H50N6O4. The SMILES string of the molecule is CO/N=C(/c1n[nH]c2c1C=CC(c1ccccc1)(c1cccc(OC)c1)C2)C1CC1.COc1cccc(C2(c3ccccc3)C=Cc3c(/C(=N/O)C4CCC4)n[nH]c3C2)c1. The first kappa shape index (κ1) is 38.8. The molecule has 60 heavy (non-hydrogen) atoms. The summed E-state index contributed by atoms with van der Waals surface area (Å²) < 4.78 is 11.0. The van der Waals surface area contributed by atoms with Crippen molar-refractivity contribution in [3.05, 3.63) is 178 Å². The quantitative estimate of drug-likeness (QED) is 0.0680. The molecule has 4 aromatic carbocycles. The van der Waals surface area contributed by atoms with E-state index in [2.05, 4.69) is 140 Å². The number of methoxy groups -OCH3 is 2. The molecule has 6 aromatic rings. The van der Waals surface area contributed by atoms with Gasteiger partial charge in [0.1, 0.15) is 41.4 Å². The van der Waals surface area contributed by atoms with Crippen molar-refractivity contribution in [2.45, 2.75) is 55.8 Å². The van der Waals surface area contributed by atoms with Gasteiger partial charge >= 0.3 is 0 Å². The molecular weight excluding hydrogens is 749 g/mol.